The molecular formula is C102H110N6O6. The summed E-state index contributed by atoms with van der Waals surface area (Å²) in [6.45, 7) is 14.8. The molecule has 0 heterocycles. The molecule has 0 radical (unpaired) electrons. The van der Waals surface area contributed by atoms with Gasteiger partial charge in [0, 0.05) is 104 Å². The van der Waals surface area contributed by atoms with Crippen molar-refractivity contribution in [3.8, 4) is 23.0 Å². The molecule has 12 aromatic carbocycles. The number of nitrogens with one attached hydrogen (secondary N) is 6. The van der Waals surface area contributed by atoms with Gasteiger partial charge in [0.05, 0.1) is 26.4 Å². The molecule has 0 aromatic heterocycles. The summed E-state index contributed by atoms with van der Waals surface area (Å²) in [7, 11) is 0. The second-order valence-corrected chi connectivity index (χ2v) is 30.3. The summed E-state index contributed by atoms with van der Waals surface area (Å²) in [6.07, 6.45) is 12.4. The van der Waals surface area contributed by atoms with Crippen molar-refractivity contribution < 1.29 is 28.5 Å². The Bertz CT molecular complexity index is 4470. The van der Waals surface area contributed by atoms with Crippen molar-refractivity contribution in [2.45, 2.75) is 155 Å². The Labute approximate surface area is 675 Å². The van der Waals surface area contributed by atoms with Crippen LogP contribution in [0.5, 0.6) is 23.0 Å². The first-order valence-corrected chi connectivity index (χ1v) is 41.3. The standard InChI is InChI=1S/C102H110N6O6/c1-7-11-33-57-111-95-75-61-79-69-93(107-101(83-37-21-15-22-38-83,84-39-23-16-24-40-84)85-41-25-17-26-42-85)71-81(97(79)113-59-35-13-9-3)63-77-67-92(106-100(110)104-90-55-51-74(6)52-56-90)68-78(96(77)112-58-34-12-8-2)64-82-72-94(108-102(86-43-27-18-28-44-86,87-45-29-19-30-46-87)88-47-31-20-32-48-88)70-80(98(82)114-60-36-14-10-4)62-76(95)66-91(65-75)105-99(109)103-89-53-49-73(5)50-54-89/h15-32,37-56,65-72,107-108H,7-14,33-36,57-64H2,1-6H3,(H2,103,105,109)(H2,104,106,110). The highest BCUT2D eigenvalue weighted by molar-refractivity contribution is 6.01. The Hall–Kier alpha value is -12.0. The molecule has 0 saturated carbocycles. The topological polar surface area (TPSA) is 143 Å². The number of carbonyl (C=O) groups excluding carboxylic acids is 2. The van der Waals surface area contributed by atoms with Gasteiger partial charge in [0.25, 0.3) is 0 Å². The first-order valence-electron chi connectivity index (χ1n) is 41.3. The molecule has 6 N–H and O–H groups in total. The molecule has 8 bridgehead atoms. The summed E-state index contributed by atoms with van der Waals surface area (Å²) in [5.74, 6) is 2.92. The maximum atomic E-state index is 14.9. The van der Waals surface area contributed by atoms with Gasteiger partial charge in [-0.05, 0) is 146 Å². The van der Waals surface area contributed by atoms with E-state index in [1.807, 2.05) is 62.4 Å². The van der Waals surface area contributed by atoms with Gasteiger partial charge in [-0.1, -0.05) is 296 Å². The molecule has 0 fully saturated rings. The number of urea groups is 2. The molecule has 0 atom stereocenters. The summed E-state index contributed by atoms with van der Waals surface area (Å²) < 4.78 is 30.0. The van der Waals surface area contributed by atoms with Crippen LogP contribution < -0.4 is 50.8 Å². The molecule has 13 rings (SSSR count). The number of benzene rings is 12. The van der Waals surface area contributed by atoms with Gasteiger partial charge in [-0.3, -0.25) is 0 Å². The fraction of sp³-hybridized carbons (Fsp3) is 0.275. The molecule has 1 aliphatic carbocycles. The van der Waals surface area contributed by atoms with E-state index in [1.165, 1.54) is 0 Å². The number of anilines is 6. The molecule has 12 nitrogen and oxygen atoms in total. The molecule has 0 unspecified atom stereocenters. The Balaban J connectivity index is 1.13. The maximum Gasteiger partial charge on any atom is 0.323 e. The number of aryl methyl sites for hydroxylation is 2. The molecule has 584 valence electrons. The monoisotopic (exact) mass is 1510 g/mol. The van der Waals surface area contributed by atoms with Crippen LogP contribution in [0.1, 0.15) is 194 Å². The number of ether oxygens (including phenoxy) is 4. The first kappa shape index (κ1) is 80.0. The van der Waals surface area contributed by atoms with Crippen LogP contribution in [0.2, 0.25) is 0 Å². The summed E-state index contributed by atoms with van der Waals surface area (Å²) in [4.78, 5) is 29.8. The number of carbonyl (C=O) groups is 2. The highest BCUT2D eigenvalue weighted by Crippen LogP contribution is 2.48. The highest BCUT2D eigenvalue weighted by atomic mass is 16.5. The predicted octanol–water partition coefficient (Wildman–Crippen LogP) is 25.4. The lowest BCUT2D eigenvalue weighted by molar-refractivity contribution is 0.261. The third-order valence-electron chi connectivity index (χ3n) is 21.5. The lowest BCUT2D eigenvalue weighted by Gasteiger charge is -2.38. The molecule has 0 aliphatic heterocycles. The van der Waals surface area contributed by atoms with Crippen molar-refractivity contribution in [1.29, 1.82) is 0 Å². The molecule has 12 heteroatoms. The summed E-state index contributed by atoms with van der Waals surface area (Å²) in [5.41, 5.74) is 17.8. The van der Waals surface area contributed by atoms with E-state index in [0.29, 0.717) is 74.9 Å². The minimum Gasteiger partial charge on any atom is -0.493 e. The Morgan fingerprint density at radius 2 is 0.465 bits per heavy atom. The zero-order valence-electron chi connectivity index (χ0n) is 67.1. The fourth-order valence-corrected chi connectivity index (χ4v) is 15.9. The first-order chi connectivity index (χ1) is 55.9. The van der Waals surface area contributed by atoms with Crippen LogP contribution in [0.3, 0.4) is 0 Å². The SMILES string of the molecule is CCCCCOc1c2cc(NC(=O)Nc3ccc(C)cc3)cc1Cc1cc(NC(c3ccccc3)(c3ccccc3)c3ccccc3)cc(c1OCCCCC)Cc1cc(NC(=O)Nc3ccc(C)cc3)cc(c1OCCCCC)Cc1cc(NC(c3ccccc3)(c3ccccc3)c3ccccc3)cc(c1OCCCCC)C2. The van der Waals surface area contributed by atoms with E-state index in [-0.39, 0.29) is 12.1 Å². The summed E-state index contributed by atoms with van der Waals surface area (Å²) in [5, 5.41) is 21.7. The smallest absolute Gasteiger partial charge is 0.323 e. The number of unbranched alkanes of at least 4 members (excludes halogenated alkanes) is 8. The third-order valence-corrected chi connectivity index (χ3v) is 21.5. The normalized spacial score (nSPS) is 11.9. The van der Waals surface area contributed by atoms with E-state index in [4.69, 9.17) is 18.9 Å². The van der Waals surface area contributed by atoms with Crippen molar-refractivity contribution in [3.63, 3.8) is 0 Å². The van der Waals surface area contributed by atoms with Gasteiger partial charge in [0.1, 0.15) is 34.1 Å². The van der Waals surface area contributed by atoms with Gasteiger partial charge in [0.15, 0.2) is 0 Å². The predicted molar refractivity (Wildman–Crippen MR) is 470 cm³/mol. The second-order valence-electron chi connectivity index (χ2n) is 30.3. The van der Waals surface area contributed by atoms with E-state index in [1.54, 1.807) is 0 Å². The van der Waals surface area contributed by atoms with Crippen molar-refractivity contribution >= 4 is 46.2 Å². The van der Waals surface area contributed by atoms with Crippen molar-refractivity contribution in [2.24, 2.45) is 0 Å². The Kier molecular flexibility index (Phi) is 27.7. The molecule has 1 aliphatic rings. The van der Waals surface area contributed by atoms with Crippen LogP contribution in [0.4, 0.5) is 43.7 Å². The van der Waals surface area contributed by atoms with Gasteiger partial charge in [-0.25, -0.2) is 9.59 Å². The quantitative estimate of drug-likeness (QED) is 0.0173. The minimum absolute atomic E-state index is 0.305. The van der Waals surface area contributed by atoms with Gasteiger partial charge >= 0.3 is 12.1 Å². The van der Waals surface area contributed by atoms with E-state index < -0.39 is 11.1 Å². The van der Waals surface area contributed by atoms with Crippen LogP contribution in [0.15, 0.2) is 279 Å². The lowest BCUT2D eigenvalue weighted by atomic mass is 9.76. The van der Waals surface area contributed by atoms with Crippen LogP contribution in [0.25, 0.3) is 0 Å². The zero-order chi connectivity index (χ0) is 78.9. The molecule has 114 heavy (non-hydrogen) atoms. The van der Waals surface area contributed by atoms with Gasteiger partial charge < -0.3 is 50.8 Å². The van der Waals surface area contributed by atoms with Crippen LogP contribution in [-0.2, 0) is 36.8 Å². The van der Waals surface area contributed by atoms with Crippen LogP contribution in [-0.4, -0.2) is 38.5 Å². The third kappa shape index (κ3) is 19.9. The molecule has 12 aromatic rings. The average Bonchev–Trinajstić information content (AvgIpc) is 0.751. The van der Waals surface area contributed by atoms with Crippen LogP contribution >= 0.6 is 0 Å². The van der Waals surface area contributed by atoms with Gasteiger partial charge in [-0.2, -0.15) is 0 Å². The van der Waals surface area contributed by atoms with E-state index in [2.05, 4.69) is 290 Å². The molecule has 0 saturated heterocycles. The Morgan fingerprint density at radius 3 is 0.675 bits per heavy atom. The highest BCUT2D eigenvalue weighted by Gasteiger charge is 2.39. The number of amides is 4. The largest absolute Gasteiger partial charge is 0.493 e. The van der Waals surface area contributed by atoms with Gasteiger partial charge in [0.2, 0.25) is 0 Å². The number of hydrogen-bond donors (Lipinski definition) is 6. The van der Waals surface area contributed by atoms with Crippen molar-refractivity contribution in [3.05, 3.63) is 368 Å². The minimum atomic E-state index is -0.941. The lowest BCUT2D eigenvalue weighted by Crippen LogP contribution is -2.38. The molecule has 0 spiro atoms. The van der Waals surface area contributed by atoms with Crippen molar-refractivity contribution in [2.75, 3.05) is 58.3 Å². The number of hydrogen-bond acceptors (Lipinski definition) is 8. The van der Waals surface area contributed by atoms with Gasteiger partial charge in [-0.15, -0.1) is 0 Å². The Morgan fingerprint density at radius 1 is 0.263 bits per heavy atom. The van der Waals surface area contributed by atoms with E-state index >= 15 is 0 Å². The van der Waals surface area contributed by atoms with E-state index in [0.717, 1.165) is 200 Å². The average molecular weight is 1520 g/mol. The fourth-order valence-electron chi connectivity index (χ4n) is 15.9. The van der Waals surface area contributed by atoms with Crippen LogP contribution in [0, 0.1) is 13.8 Å². The zero-order valence-corrected chi connectivity index (χ0v) is 67.1. The summed E-state index contributed by atoms with van der Waals surface area (Å²) >= 11 is 0. The summed E-state index contributed by atoms with van der Waals surface area (Å²) in [6, 6.07) is 96.8. The maximum absolute atomic E-state index is 14.9. The molecular weight excluding hydrogens is 1410 g/mol. The van der Waals surface area contributed by atoms with Crippen molar-refractivity contribution in [1.82, 2.24) is 0 Å². The molecule has 4 amide bonds. The second kappa shape index (κ2) is 39.4. The number of fused-ring (bicyclic) bond motifs is 8. The van der Waals surface area contributed by atoms with E-state index in [9.17, 15) is 9.59 Å². The number of rotatable bonds is 34.